The van der Waals surface area contributed by atoms with Crippen molar-refractivity contribution in [2.24, 2.45) is 5.92 Å². The lowest BCUT2D eigenvalue weighted by atomic mass is 9.99. The minimum Gasteiger partial charge on any atom is -0.384 e. The normalized spacial score (nSPS) is 13.1. The summed E-state index contributed by atoms with van der Waals surface area (Å²) >= 11 is 0. The van der Waals surface area contributed by atoms with Crippen molar-refractivity contribution in [1.29, 1.82) is 0 Å². The van der Waals surface area contributed by atoms with E-state index in [4.69, 9.17) is 4.74 Å². The van der Waals surface area contributed by atoms with Crippen molar-refractivity contribution in [2.45, 2.75) is 65.2 Å². The molecule has 0 rings (SSSR count). The molecule has 1 nitrogen and oxygen atoms in total. The van der Waals surface area contributed by atoms with E-state index in [0.29, 0.717) is 0 Å². The Bertz CT molecular complexity index is 101. The predicted molar refractivity (Wildman–Crippen MR) is 63.7 cm³/mol. The van der Waals surface area contributed by atoms with E-state index in [1.807, 2.05) is 7.11 Å². The van der Waals surface area contributed by atoms with E-state index < -0.39 is 0 Å². The molecule has 0 aliphatic rings. The second-order valence-electron chi connectivity index (χ2n) is 4.29. The predicted octanol–water partition coefficient (Wildman–Crippen LogP) is 4.41. The summed E-state index contributed by atoms with van der Waals surface area (Å²) in [4.78, 5) is 0. The average molecular weight is 200 g/mol. The lowest BCUT2D eigenvalue weighted by Gasteiger charge is -2.12. The second kappa shape index (κ2) is 11.0. The Hall–Kier alpha value is -0.0400. The van der Waals surface area contributed by atoms with Crippen molar-refractivity contribution in [3.63, 3.8) is 0 Å². The van der Waals surface area contributed by atoms with Crippen LogP contribution in [0.4, 0.5) is 0 Å². The van der Waals surface area contributed by atoms with Gasteiger partial charge in [-0.1, -0.05) is 58.8 Å². The van der Waals surface area contributed by atoms with Crippen molar-refractivity contribution in [3.8, 4) is 0 Å². The van der Waals surface area contributed by atoms with Crippen LogP contribution in [0.3, 0.4) is 0 Å². The number of hydrogen-bond donors (Lipinski definition) is 0. The first-order valence-electron chi connectivity index (χ1n) is 6.34. The van der Waals surface area contributed by atoms with Gasteiger partial charge in [-0.25, -0.2) is 0 Å². The van der Waals surface area contributed by atoms with E-state index in [1.54, 1.807) is 0 Å². The van der Waals surface area contributed by atoms with Crippen LogP contribution in [0.15, 0.2) is 0 Å². The van der Waals surface area contributed by atoms with Gasteiger partial charge >= 0.3 is 0 Å². The number of hydrogen-bond acceptors (Lipinski definition) is 1. The highest BCUT2D eigenvalue weighted by Gasteiger charge is 2.04. The molecule has 0 aromatic carbocycles. The van der Waals surface area contributed by atoms with Crippen molar-refractivity contribution in [1.82, 2.24) is 0 Å². The van der Waals surface area contributed by atoms with E-state index >= 15 is 0 Å². The monoisotopic (exact) mass is 200 g/mol. The molecule has 0 radical (unpaired) electrons. The number of ether oxygens (including phenoxy) is 1. The van der Waals surface area contributed by atoms with Crippen molar-refractivity contribution in [3.05, 3.63) is 0 Å². The third-order valence-electron chi connectivity index (χ3n) is 2.95. The zero-order valence-corrected chi connectivity index (χ0v) is 10.3. The molecule has 0 N–H and O–H groups in total. The molecule has 1 heteroatoms. The average Bonchev–Trinajstić information content (AvgIpc) is 2.21. The van der Waals surface area contributed by atoms with Crippen LogP contribution in [-0.2, 0) is 4.74 Å². The molecule has 0 saturated heterocycles. The van der Waals surface area contributed by atoms with Gasteiger partial charge in [-0.2, -0.15) is 0 Å². The lowest BCUT2D eigenvalue weighted by molar-refractivity contribution is 0.144. The van der Waals surface area contributed by atoms with Gasteiger partial charge in [0.1, 0.15) is 0 Å². The summed E-state index contributed by atoms with van der Waals surface area (Å²) in [6.45, 7) is 5.48. The Morgan fingerprint density at radius 3 is 2.14 bits per heavy atom. The molecule has 0 aromatic heterocycles. The van der Waals surface area contributed by atoms with Gasteiger partial charge in [-0.3, -0.25) is 0 Å². The Morgan fingerprint density at radius 1 is 0.929 bits per heavy atom. The molecule has 0 bridgehead atoms. The van der Waals surface area contributed by atoms with Gasteiger partial charge in [-0.05, 0) is 12.3 Å². The van der Waals surface area contributed by atoms with E-state index in [-0.39, 0.29) is 0 Å². The zero-order chi connectivity index (χ0) is 10.6. The van der Waals surface area contributed by atoms with Crippen LogP contribution >= 0.6 is 0 Å². The summed E-state index contributed by atoms with van der Waals surface area (Å²) in [5.74, 6) is 0.797. The molecule has 0 aliphatic carbocycles. The fourth-order valence-corrected chi connectivity index (χ4v) is 1.85. The standard InChI is InChI=1S/C13H28O/c1-4-6-7-8-9-10-11-13(5-2)12-14-3/h13H,4-12H2,1-3H3. The van der Waals surface area contributed by atoms with Crippen molar-refractivity contribution in [2.75, 3.05) is 13.7 Å². The van der Waals surface area contributed by atoms with Crippen LogP contribution in [0.25, 0.3) is 0 Å². The van der Waals surface area contributed by atoms with Gasteiger partial charge in [0.05, 0.1) is 0 Å². The van der Waals surface area contributed by atoms with E-state index in [0.717, 1.165) is 12.5 Å². The van der Waals surface area contributed by atoms with Crippen molar-refractivity contribution >= 4 is 0 Å². The molecule has 0 saturated carbocycles. The SMILES string of the molecule is CCCCCCCCC(CC)COC. The van der Waals surface area contributed by atoms with E-state index in [1.165, 1.54) is 51.4 Å². The van der Waals surface area contributed by atoms with Crippen LogP contribution in [0.5, 0.6) is 0 Å². The summed E-state index contributed by atoms with van der Waals surface area (Å²) in [6.07, 6.45) is 11.1. The van der Waals surface area contributed by atoms with Crippen LogP contribution in [0.2, 0.25) is 0 Å². The molecule has 1 unspecified atom stereocenters. The molecule has 0 spiro atoms. The van der Waals surface area contributed by atoms with Gasteiger partial charge in [0, 0.05) is 13.7 Å². The highest BCUT2D eigenvalue weighted by atomic mass is 16.5. The molecule has 0 fully saturated rings. The first kappa shape index (κ1) is 14.0. The smallest absolute Gasteiger partial charge is 0.0490 e. The largest absolute Gasteiger partial charge is 0.384 e. The molecule has 1 atom stereocenters. The maximum atomic E-state index is 5.19. The highest BCUT2D eigenvalue weighted by molar-refractivity contribution is 4.56. The third kappa shape index (κ3) is 8.55. The Kier molecular flexibility index (Phi) is 11.0. The molecule has 0 amide bonds. The number of rotatable bonds is 10. The molecule has 14 heavy (non-hydrogen) atoms. The summed E-state index contributed by atoms with van der Waals surface area (Å²) in [5.41, 5.74) is 0. The molecular weight excluding hydrogens is 172 g/mol. The Balaban J connectivity index is 3.15. The number of methoxy groups -OCH3 is 1. The summed E-state index contributed by atoms with van der Waals surface area (Å²) in [5, 5.41) is 0. The van der Waals surface area contributed by atoms with Gasteiger partial charge in [0.25, 0.3) is 0 Å². The van der Waals surface area contributed by atoms with Gasteiger partial charge in [-0.15, -0.1) is 0 Å². The van der Waals surface area contributed by atoms with Crippen LogP contribution in [-0.4, -0.2) is 13.7 Å². The first-order chi connectivity index (χ1) is 6.85. The third-order valence-corrected chi connectivity index (χ3v) is 2.95. The Labute approximate surface area is 90.2 Å². The van der Waals surface area contributed by atoms with Crippen LogP contribution in [0.1, 0.15) is 65.2 Å². The van der Waals surface area contributed by atoms with Gasteiger partial charge in [0.2, 0.25) is 0 Å². The second-order valence-corrected chi connectivity index (χ2v) is 4.29. The lowest BCUT2D eigenvalue weighted by Crippen LogP contribution is -2.06. The molecule has 0 aromatic rings. The maximum absolute atomic E-state index is 5.19. The molecule has 86 valence electrons. The topological polar surface area (TPSA) is 9.23 Å². The van der Waals surface area contributed by atoms with Gasteiger partial charge < -0.3 is 4.74 Å². The summed E-state index contributed by atoms with van der Waals surface area (Å²) in [7, 11) is 1.81. The Morgan fingerprint density at radius 2 is 1.57 bits per heavy atom. The minimum atomic E-state index is 0.797. The quantitative estimate of drug-likeness (QED) is 0.475. The number of unbranched alkanes of at least 4 members (excludes halogenated alkanes) is 5. The van der Waals surface area contributed by atoms with Crippen molar-refractivity contribution < 1.29 is 4.74 Å². The zero-order valence-electron chi connectivity index (χ0n) is 10.3. The fraction of sp³-hybridized carbons (Fsp3) is 1.00. The highest BCUT2D eigenvalue weighted by Crippen LogP contribution is 2.15. The van der Waals surface area contributed by atoms with Crippen LogP contribution in [0, 0.1) is 5.92 Å². The molecule has 0 aliphatic heterocycles. The van der Waals surface area contributed by atoms with Gasteiger partial charge in [0.15, 0.2) is 0 Å². The van der Waals surface area contributed by atoms with E-state index in [9.17, 15) is 0 Å². The summed E-state index contributed by atoms with van der Waals surface area (Å²) in [6, 6.07) is 0. The minimum absolute atomic E-state index is 0.797. The molecular formula is C13H28O. The summed E-state index contributed by atoms with van der Waals surface area (Å²) < 4.78 is 5.19. The van der Waals surface area contributed by atoms with Crippen LogP contribution < -0.4 is 0 Å². The van der Waals surface area contributed by atoms with E-state index in [2.05, 4.69) is 13.8 Å². The first-order valence-corrected chi connectivity index (χ1v) is 6.34. The molecule has 0 heterocycles. The maximum Gasteiger partial charge on any atom is 0.0490 e. The fourth-order valence-electron chi connectivity index (χ4n) is 1.85.